The third-order valence-electron chi connectivity index (χ3n) is 24.6. The van der Waals surface area contributed by atoms with Crippen molar-refractivity contribution in [3.05, 3.63) is 105 Å². The summed E-state index contributed by atoms with van der Waals surface area (Å²) in [7, 11) is 3.26. The molecule has 772 valence electrons. The van der Waals surface area contributed by atoms with E-state index in [1.54, 1.807) is 59.3 Å². The van der Waals surface area contributed by atoms with E-state index in [0.29, 0.717) is 321 Å². The lowest BCUT2D eigenvalue weighted by molar-refractivity contribution is -0.243. The number of amides is 6. The van der Waals surface area contributed by atoms with Crippen molar-refractivity contribution in [3.8, 4) is 0 Å². The Morgan fingerprint density at radius 1 is 0.565 bits per heavy atom. The summed E-state index contributed by atoms with van der Waals surface area (Å²) in [5.41, 5.74) is 4.63. The number of carboxylic acids is 1. The van der Waals surface area contributed by atoms with E-state index in [-0.39, 0.29) is 59.8 Å². The minimum absolute atomic E-state index is 0.0422. The first kappa shape index (κ1) is 115. The lowest BCUT2D eigenvalue weighted by Crippen LogP contribution is -2.65. The van der Waals surface area contributed by atoms with Gasteiger partial charge in [0.1, 0.15) is 31.1 Å². The van der Waals surface area contributed by atoms with Gasteiger partial charge in [0.2, 0.25) is 23.5 Å². The second-order valence-electron chi connectivity index (χ2n) is 36.5. The molecule has 4 atom stereocenters. The van der Waals surface area contributed by atoms with E-state index < -0.39 is 71.7 Å². The average Bonchev–Trinajstić information content (AvgIpc) is 0.731. The number of Topliss-reactive ketones (excluding diaryl/α,β-unsaturated/α-hetero) is 1. The van der Waals surface area contributed by atoms with Gasteiger partial charge in [0.15, 0.2) is 11.5 Å². The number of aromatic nitrogens is 1. The molecule has 138 heavy (non-hydrogen) atoms. The highest BCUT2D eigenvalue weighted by Crippen LogP contribution is 2.71. The number of hydrogen-bond donors (Lipinski definition) is 6. The number of carbonyl (C=O) groups excluding carboxylic acids is 7. The number of imide groups is 1. The van der Waals surface area contributed by atoms with Crippen molar-refractivity contribution in [1.29, 1.82) is 5.41 Å². The van der Waals surface area contributed by atoms with Gasteiger partial charge in [-0.25, -0.2) is 14.6 Å². The number of pyridine rings is 1. The summed E-state index contributed by atoms with van der Waals surface area (Å²) in [6.07, 6.45) is 11.0. The number of aryl methyl sites for hydroxylation is 1. The summed E-state index contributed by atoms with van der Waals surface area (Å²) in [6, 6.07) is 12.3. The zero-order valence-electron chi connectivity index (χ0n) is 82.7. The van der Waals surface area contributed by atoms with Crippen molar-refractivity contribution in [2.45, 2.75) is 150 Å². The number of hydrogen-bond acceptors (Lipinski definition) is 32. The minimum Gasteiger partial charge on any atom is -0.476 e. The fourth-order valence-corrected chi connectivity index (χ4v) is 19.3. The molecule has 2 aliphatic heterocycles. The monoisotopic (exact) mass is 1960 g/mol. The molecule has 0 radical (unpaired) electrons. The number of benzene rings is 2. The van der Waals surface area contributed by atoms with Crippen molar-refractivity contribution < 1.29 is 133 Å². The van der Waals surface area contributed by atoms with Crippen molar-refractivity contribution >= 4 is 82.3 Å². The van der Waals surface area contributed by atoms with E-state index >= 15 is 0 Å². The van der Waals surface area contributed by atoms with Crippen LogP contribution in [0, 0.1) is 27.6 Å². The van der Waals surface area contributed by atoms with Crippen LogP contribution in [0.4, 0.5) is 16.3 Å². The molecule has 0 saturated heterocycles. The molecule has 0 spiro atoms. The molecule has 6 amide bonds. The van der Waals surface area contributed by atoms with Crippen LogP contribution < -0.4 is 26.2 Å². The van der Waals surface area contributed by atoms with E-state index in [1.165, 1.54) is 18.0 Å². The first-order valence-electron chi connectivity index (χ1n) is 48.5. The molecule has 3 aromatic rings. The van der Waals surface area contributed by atoms with Gasteiger partial charge in [0, 0.05) is 117 Å². The first-order valence-corrected chi connectivity index (χ1v) is 49.4. The largest absolute Gasteiger partial charge is 0.476 e. The Labute approximate surface area is 817 Å². The highest BCUT2D eigenvalue weighted by molar-refractivity contribution is 7.65. The maximum absolute atomic E-state index is 14.6. The molecule has 4 fully saturated rings. The summed E-state index contributed by atoms with van der Waals surface area (Å²) in [6.45, 7) is 29.7. The van der Waals surface area contributed by atoms with Crippen molar-refractivity contribution in [1.82, 2.24) is 35.6 Å². The number of fused-ring (bicyclic) bond motifs is 1. The molecule has 6 aliphatic rings. The molecule has 4 bridgehead atoms. The lowest BCUT2D eigenvalue weighted by atomic mass is 9.39. The number of ether oxygens (including phenoxy) is 18. The fraction of sp³-hybridized carbons (Fsp3) is 0.697. The second kappa shape index (κ2) is 63.5. The summed E-state index contributed by atoms with van der Waals surface area (Å²) >= 11 is 0.364. The van der Waals surface area contributed by atoms with Crippen LogP contribution in [0.5, 0.6) is 0 Å². The van der Waals surface area contributed by atoms with Crippen LogP contribution in [0.15, 0.2) is 66.4 Å². The maximum Gasteiger partial charge on any atom is 0.460 e. The molecule has 2 aromatic carbocycles. The molecule has 4 saturated carbocycles. The summed E-state index contributed by atoms with van der Waals surface area (Å²) in [4.78, 5) is 117. The highest BCUT2D eigenvalue weighted by Gasteiger charge is 2.66. The van der Waals surface area contributed by atoms with Crippen molar-refractivity contribution in [2.75, 3.05) is 287 Å². The Kier molecular flexibility index (Phi) is 52.8. The zero-order chi connectivity index (χ0) is 99.2. The molecule has 6 N–H and O–H groups in total. The van der Waals surface area contributed by atoms with Crippen LogP contribution in [-0.4, -0.2) is 373 Å². The Bertz CT molecular complexity index is 4210. The van der Waals surface area contributed by atoms with Gasteiger partial charge in [0.25, 0.3) is 11.8 Å². The molecule has 39 heteroatoms. The van der Waals surface area contributed by atoms with Gasteiger partial charge in [0.05, 0.1) is 204 Å². The number of nitrogens with one attached hydrogen (secondary N) is 5. The normalized spacial score (nSPS) is 18.8. The van der Waals surface area contributed by atoms with Crippen LogP contribution >= 0.6 is 0 Å². The Balaban J connectivity index is 0.874. The Morgan fingerprint density at radius 3 is 1.54 bits per heavy atom. The molecule has 38 nitrogen and oxygen atoms in total. The summed E-state index contributed by atoms with van der Waals surface area (Å²) in [5, 5.41) is 31.3. The van der Waals surface area contributed by atoms with Gasteiger partial charge < -0.3 is 132 Å². The second-order valence-corrected chi connectivity index (χ2v) is 37.1. The van der Waals surface area contributed by atoms with Crippen LogP contribution in [0.3, 0.4) is 0 Å². The maximum atomic E-state index is 14.6. The number of carboxylic acid groups (broad SMARTS) is 1. The third-order valence-corrected chi connectivity index (χ3v) is 24.9. The van der Waals surface area contributed by atoms with Gasteiger partial charge >= 0.3 is 23.7 Å². The van der Waals surface area contributed by atoms with Crippen molar-refractivity contribution in [3.63, 3.8) is 0 Å². The molecule has 4 aliphatic carbocycles. The van der Waals surface area contributed by atoms with Gasteiger partial charge in [-0.2, -0.15) is 0 Å². The number of nitrogens with zero attached hydrogens (tertiary/aromatic N) is 5. The fourth-order valence-electron chi connectivity index (χ4n) is 19.0. The van der Waals surface area contributed by atoms with E-state index in [4.69, 9.17) is 95.7 Å². The van der Waals surface area contributed by atoms with Gasteiger partial charge in [-0.15, -0.1) is 0 Å². The number of ketones is 1. The predicted octanol–water partition coefficient (Wildman–Crippen LogP) is 7.77. The Morgan fingerprint density at radius 2 is 1.07 bits per heavy atom. The van der Waals surface area contributed by atoms with Gasteiger partial charge in [-0.05, 0) is 167 Å². The molecule has 2 unspecified atom stereocenters. The molecular weight excluding hydrogens is 1810 g/mol. The van der Waals surface area contributed by atoms with E-state index in [9.17, 15) is 47.7 Å². The molecule has 1 aromatic heterocycles. The van der Waals surface area contributed by atoms with Crippen LogP contribution in [0.2, 0.25) is 0 Å². The summed E-state index contributed by atoms with van der Waals surface area (Å²) in [5.74, 6) is -4.46. The SMILES string of the molecule is COCCOCCOCCOCCOCCOCCOCCOCCCN(CCCOCCOCCOCCOCCOCCOCCOCCOC)CCCc1cc(NC(=O)[C@H](C)NC(=O)[C@@H](NC(=O)CN2C(=O)C=CC2=O)C(C)C)ccc1COC(=O)N(CCOC12CC3(C)CC(C)(CC(CN/C(C)=C(\C=N)c4ccc(N5CCc6cccc(C(C)=O)c6C5)nc4C(=O)O)(C3)C1)C2)CC[S+]=O. The van der Waals surface area contributed by atoms with Crippen LogP contribution in [-0.2, 0) is 151 Å². The van der Waals surface area contributed by atoms with Crippen LogP contribution in [0.25, 0.3) is 5.57 Å². The quantitative estimate of drug-likeness (QED) is 0.0103. The predicted molar refractivity (Wildman–Crippen MR) is 516 cm³/mol. The third kappa shape index (κ3) is 40.9. The molecule has 3 heterocycles. The van der Waals surface area contributed by atoms with E-state index in [2.05, 4.69) is 40.0 Å². The van der Waals surface area contributed by atoms with Gasteiger partial charge in [-0.3, -0.25) is 33.7 Å². The number of methoxy groups -OCH3 is 2. The smallest absolute Gasteiger partial charge is 0.460 e. The standard InChI is InChI=1S/C99H152N10O28S/c1-74(2)90(105-87(111)65-109-88(112)21-22-89(109)113)93(115)102-76(4)92(114)103-81-18-17-80(66-136-95(118)107(29-61-138-119)28-32-137-99-70-96(6)67-97(7,71-99)69-98(68-96,72-99)73-101-75(3)84(63-100)83-19-20-86(104-91(83)94(116)117)108-27-23-78-14-10-16-82(77(5)110)85(78)64-108)79(62-81)15-11-24-106(25-12-30-122-37-39-126-45-47-130-53-55-134-59-57-132-51-49-128-43-41-124-35-33-120-8)26-13-31-123-38-40-127-46-48-131-54-56-135-60-58-133-52-50-129-44-42-125-36-34-121-9/h10,14,16-22,62-63,74,76,90H,11-13,15,23-61,64-73H2,1-9H3,(H5-,100,101,102,103,105,111,114,115,116,117)/p+1/t76-,90-,96?,97?,98?,99?/m0/s1. The number of rotatable bonds is 79. The van der Waals surface area contributed by atoms with Crippen LogP contribution in [0.1, 0.15) is 155 Å². The van der Waals surface area contributed by atoms with Gasteiger partial charge in [-0.1, -0.05) is 52.0 Å². The number of aromatic carboxylic acids is 1. The summed E-state index contributed by atoms with van der Waals surface area (Å²) < 4.78 is 115. The average molecular weight is 1960 g/mol. The Hall–Kier alpha value is -8.40. The molecule has 9 rings (SSSR count). The first-order chi connectivity index (χ1) is 66.7. The zero-order valence-corrected chi connectivity index (χ0v) is 83.5. The number of anilines is 2. The number of carbonyl (C=O) groups is 8. The molecular formula is C99H153N10O28S+. The highest BCUT2D eigenvalue weighted by atomic mass is 32.1. The lowest BCUT2D eigenvalue weighted by Gasteiger charge is -2.69. The topological polar surface area (TPSA) is 438 Å². The van der Waals surface area contributed by atoms with Crippen molar-refractivity contribution in [2.24, 2.45) is 22.2 Å². The minimum atomic E-state index is -1.23. The van der Waals surface area contributed by atoms with E-state index in [1.807, 2.05) is 36.1 Å². The number of allylic oxidation sites excluding steroid dienone is 2. The van der Waals surface area contributed by atoms with E-state index in [0.717, 1.165) is 72.3 Å².